The molecule has 0 aliphatic carbocycles. The van der Waals surface area contributed by atoms with Crippen molar-refractivity contribution in [3.05, 3.63) is 12.2 Å². The normalized spacial score (nSPS) is 12.6. The van der Waals surface area contributed by atoms with E-state index in [1.807, 2.05) is 0 Å². The van der Waals surface area contributed by atoms with E-state index in [0.29, 0.717) is 6.54 Å². The molecule has 0 aromatic carbocycles. The quantitative estimate of drug-likeness (QED) is 0.271. The number of allylic oxidation sites excluding steroid dienone is 2. The van der Waals surface area contributed by atoms with Crippen LogP contribution < -0.4 is 5.32 Å². The first-order valence-electron chi connectivity index (χ1n) is 10.3. The minimum absolute atomic E-state index is 0.261. The fourth-order valence-electron chi connectivity index (χ4n) is 2.73. The van der Waals surface area contributed by atoms with Crippen LogP contribution in [0.15, 0.2) is 12.2 Å². The van der Waals surface area contributed by atoms with Gasteiger partial charge >= 0.3 is 0 Å². The van der Waals surface area contributed by atoms with Crippen LogP contribution >= 0.6 is 0 Å². The molecule has 0 spiro atoms. The Morgan fingerprint density at radius 2 is 1.29 bits per heavy atom. The van der Waals surface area contributed by atoms with Crippen molar-refractivity contribution in [3.8, 4) is 0 Å². The van der Waals surface area contributed by atoms with Crippen molar-refractivity contribution < 1.29 is 9.90 Å². The van der Waals surface area contributed by atoms with Gasteiger partial charge in [0.1, 0.15) is 6.10 Å². The lowest BCUT2D eigenvalue weighted by molar-refractivity contribution is -0.128. The van der Waals surface area contributed by atoms with Crippen molar-refractivity contribution in [2.75, 3.05) is 6.54 Å². The summed E-state index contributed by atoms with van der Waals surface area (Å²) in [5.74, 6) is -0.261. The first kappa shape index (κ1) is 23.2. The molecule has 0 aromatic heterocycles. The topological polar surface area (TPSA) is 49.3 Å². The maximum absolute atomic E-state index is 11.1. The average molecular weight is 340 g/mol. The van der Waals surface area contributed by atoms with Crippen LogP contribution in [0.25, 0.3) is 0 Å². The summed E-state index contributed by atoms with van der Waals surface area (Å²) in [4.78, 5) is 11.1. The van der Waals surface area contributed by atoms with Crippen molar-refractivity contribution in [1.29, 1.82) is 0 Å². The number of carbonyl (C=O) groups is 1. The van der Waals surface area contributed by atoms with Crippen LogP contribution in [0, 0.1) is 0 Å². The summed E-state index contributed by atoms with van der Waals surface area (Å²) < 4.78 is 0. The number of carbonyl (C=O) groups excluding carboxylic acids is 1. The highest BCUT2D eigenvalue weighted by Crippen LogP contribution is 2.09. The maximum atomic E-state index is 11.1. The SMILES string of the molecule is CCCCCCCCC=CCCCCCCCCNC(=O)[C@@H](C)O. The van der Waals surface area contributed by atoms with Gasteiger partial charge < -0.3 is 10.4 Å². The van der Waals surface area contributed by atoms with Gasteiger partial charge in [-0.15, -0.1) is 0 Å². The molecule has 1 amide bonds. The van der Waals surface area contributed by atoms with Crippen LogP contribution in [0.5, 0.6) is 0 Å². The molecule has 0 bridgehead atoms. The van der Waals surface area contributed by atoms with Crippen molar-refractivity contribution in [1.82, 2.24) is 5.32 Å². The predicted octanol–water partition coefficient (Wildman–Crippen LogP) is 5.52. The fraction of sp³-hybridized carbons (Fsp3) is 0.857. The molecule has 0 heterocycles. The third kappa shape index (κ3) is 17.5. The molecule has 1 atom stereocenters. The number of aliphatic hydroxyl groups is 1. The van der Waals surface area contributed by atoms with E-state index in [4.69, 9.17) is 5.11 Å². The highest BCUT2D eigenvalue weighted by Gasteiger charge is 2.06. The smallest absolute Gasteiger partial charge is 0.248 e. The Hall–Kier alpha value is -0.830. The summed E-state index contributed by atoms with van der Waals surface area (Å²) in [6, 6.07) is 0. The second-order valence-electron chi connectivity index (χ2n) is 6.90. The van der Waals surface area contributed by atoms with E-state index in [1.165, 1.54) is 84.0 Å². The van der Waals surface area contributed by atoms with Crippen molar-refractivity contribution in [2.24, 2.45) is 0 Å². The van der Waals surface area contributed by atoms with E-state index in [-0.39, 0.29) is 5.91 Å². The van der Waals surface area contributed by atoms with Gasteiger partial charge in [-0.05, 0) is 39.0 Å². The van der Waals surface area contributed by atoms with Gasteiger partial charge in [-0.2, -0.15) is 0 Å². The second-order valence-corrected chi connectivity index (χ2v) is 6.90. The second kappa shape index (κ2) is 18.5. The Bertz CT molecular complexity index is 300. The zero-order chi connectivity index (χ0) is 17.9. The van der Waals surface area contributed by atoms with Crippen LogP contribution in [0.4, 0.5) is 0 Å². The maximum Gasteiger partial charge on any atom is 0.248 e. The third-order valence-electron chi connectivity index (χ3n) is 4.37. The summed E-state index contributed by atoms with van der Waals surface area (Å²) in [5, 5.41) is 11.8. The lowest BCUT2D eigenvalue weighted by Crippen LogP contribution is -2.33. The molecule has 0 fully saturated rings. The number of hydrogen-bond acceptors (Lipinski definition) is 2. The first-order valence-corrected chi connectivity index (χ1v) is 10.3. The molecule has 0 saturated carbocycles. The van der Waals surface area contributed by atoms with Crippen LogP contribution in [-0.2, 0) is 4.79 Å². The van der Waals surface area contributed by atoms with Crippen LogP contribution in [0.1, 0.15) is 104 Å². The molecule has 24 heavy (non-hydrogen) atoms. The Morgan fingerprint density at radius 3 is 1.79 bits per heavy atom. The number of aliphatic hydroxyl groups excluding tert-OH is 1. The van der Waals surface area contributed by atoms with Crippen molar-refractivity contribution >= 4 is 5.91 Å². The zero-order valence-corrected chi connectivity index (χ0v) is 16.2. The van der Waals surface area contributed by atoms with E-state index in [1.54, 1.807) is 0 Å². The van der Waals surface area contributed by atoms with Gasteiger partial charge in [0, 0.05) is 6.54 Å². The lowest BCUT2D eigenvalue weighted by atomic mass is 10.1. The molecule has 0 aliphatic rings. The highest BCUT2D eigenvalue weighted by atomic mass is 16.3. The van der Waals surface area contributed by atoms with Gasteiger partial charge in [0.15, 0.2) is 0 Å². The van der Waals surface area contributed by atoms with Crippen molar-refractivity contribution in [3.63, 3.8) is 0 Å². The number of hydrogen-bond donors (Lipinski definition) is 2. The lowest BCUT2D eigenvalue weighted by Gasteiger charge is -2.06. The Morgan fingerprint density at radius 1 is 0.833 bits per heavy atom. The standard InChI is InChI=1S/C21H41NO2/c1-3-4-5-6-7-8-9-10-11-12-13-14-15-16-17-18-19-22-21(24)20(2)23/h10-11,20,23H,3-9,12-19H2,1-2H3,(H,22,24)/t20-/m1/s1. The minimum atomic E-state index is -0.890. The molecule has 0 unspecified atom stereocenters. The average Bonchev–Trinajstić information content (AvgIpc) is 2.57. The third-order valence-corrected chi connectivity index (χ3v) is 4.37. The first-order chi connectivity index (χ1) is 11.7. The van der Waals surface area contributed by atoms with Gasteiger partial charge in [-0.1, -0.05) is 76.9 Å². The molecule has 0 radical (unpaired) electrons. The summed E-state index contributed by atoms with van der Waals surface area (Å²) in [6.07, 6.45) is 21.9. The van der Waals surface area contributed by atoms with Crippen LogP contribution in [0.3, 0.4) is 0 Å². The summed E-state index contributed by atoms with van der Waals surface area (Å²) in [7, 11) is 0. The molecule has 2 N–H and O–H groups in total. The van der Waals surface area contributed by atoms with Gasteiger partial charge in [0.25, 0.3) is 0 Å². The molecule has 3 heteroatoms. The largest absolute Gasteiger partial charge is 0.384 e. The fourth-order valence-corrected chi connectivity index (χ4v) is 2.73. The molecule has 0 rings (SSSR count). The summed E-state index contributed by atoms with van der Waals surface area (Å²) in [5.41, 5.74) is 0. The van der Waals surface area contributed by atoms with Gasteiger partial charge in [0.2, 0.25) is 5.91 Å². The van der Waals surface area contributed by atoms with Gasteiger partial charge in [-0.25, -0.2) is 0 Å². The Balaban J connectivity index is 3.14. The number of unbranched alkanes of at least 4 members (excludes halogenated alkanes) is 12. The Labute approximate surface area is 150 Å². The monoisotopic (exact) mass is 339 g/mol. The summed E-state index contributed by atoms with van der Waals surface area (Å²) >= 11 is 0. The van der Waals surface area contributed by atoms with E-state index in [0.717, 1.165) is 12.8 Å². The van der Waals surface area contributed by atoms with E-state index < -0.39 is 6.10 Å². The van der Waals surface area contributed by atoms with E-state index in [9.17, 15) is 4.79 Å². The molecular weight excluding hydrogens is 298 g/mol. The van der Waals surface area contributed by atoms with E-state index >= 15 is 0 Å². The molecule has 3 nitrogen and oxygen atoms in total. The molecular formula is C21H41NO2. The van der Waals surface area contributed by atoms with Crippen molar-refractivity contribution in [2.45, 2.75) is 110 Å². The molecule has 0 aromatic rings. The number of rotatable bonds is 17. The number of amides is 1. The number of nitrogens with one attached hydrogen (secondary N) is 1. The highest BCUT2D eigenvalue weighted by molar-refractivity contribution is 5.79. The molecule has 0 aliphatic heterocycles. The predicted molar refractivity (Wildman–Crippen MR) is 104 cm³/mol. The minimum Gasteiger partial charge on any atom is -0.384 e. The Kier molecular flexibility index (Phi) is 17.9. The van der Waals surface area contributed by atoms with Gasteiger partial charge in [-0.3, -0.25) is 4.79 Å². The molecule has 0 saturated heterocycles. The summed E-state index contributed by atoms with van der Waals surface area (Å²) in [6.45, 7) is 4.45. The van der Waals surface area contributed by atoms with Gasteiger partial charge in [0.05, 0.1) is 0 Å². The zero-order valence-electron chi connectivity index (χ0n) is 16.2. The van der Waals surface area contributed by atoms with Crippen LogP contribution in [-0.4, -0.2) is 23.7 Å². The molecule has 142 valence electrons. The van der Waals surface area contributed by atoms with Crippen LogP contribution in [0.2, 0.25) is 0 Å². The van der Waals surface area contributed by atoms with E-state index in [2.05, 4.69) is 24.4 Å².